The van der Waals surface area contributed by atoms with Gasteiger partial charge in [0.1, 0.15) is 0 Å². The van der Waals surface area contributed by atoms with Crippen LogP contribution in [0.5, 0.6) is 5.88 Å². The molecule has 2 unspecified atom stereocenters. The lowest BCUT2D eigenvalue weighted by Gasteiger charge is -2.39. The molecule has 5 heteroatoms. The van der Waals surface area contributed by atoms with Gasteiger partial charge in [-0.05, 0) is 25.8 Å². The monoisotopic (exact) mass is 276 g/mol. The smallest absolute Gasteiger partial charge is 0.215 e. The van der Waals surface area contributed by atoms with Crippen molar-refractivity contribution >= 4 is 5.78 Å². The van der Waals surface area contributed by atoms with Gasteiger partial charge in [0.15, 0.2) is 5.78 Å². The predicted molar refractivity (Wildman–Crippen MR) is 74.1 cm³/mol. The Kier molecular flexibility index (Phi) is 3.72. The van der Waals surface area contributed by atoms with Crippen molar-refractivity contribution in [2.24, 2.45) is 5.92 Å². The van der Waals surface area contributed by atoms with Crippen LogP contribution in [0.15, 0.2) is 12.3 Å². The van der Waals surface area contributed by atoms with Crippen molar-refractivity contribution in [3.63, 3.8) is 0 Å². The van der Waals surface area contributed by atoms with Crippen molar-refractivity contribution < 1.29 is 14.3 Å². The van der Waals surface area contributed by atoms with E-state index >= 15 is 0 Å². The van der Waals surface area contributed by atoms with Crippen LogP contribution in [-0.4, -0.2) is 43.2 Å². The maximum absolute atomic E-state index is 12.6. The highest BCUT2D eigenvalue weighted by atomic mass is 16.5. The number of aryl methyl sites for hydroxylation is 1. The number of pyridine rings is 1. The van der Waals surface area contributed by atoms with Crippen LogP contribution in [0.4, 0.5) is 0 Å². The number of ether oxygens (including phenoxy) is 2. The number of aromatic nitrogens is 1. The minimum Gasteiger partial charge on any atom is -0.481 e. The van der Waals surface area contributed by atoms with Gasteiger partial charge in [0.2, 0.25) is 5.88 Å². The molecule has 1 aromatic heterocycles. The van der Waals surface area contributed by atoms with E-state index in [1.54, 1.807) is 13.3 Å². The maximum Gasteiger partial charge on any atom is 0.215 e. The molecule has 2 aliphatic rings. The minimum atomic E-state index is 0.0738. The Hall–Kier alpha value is -1.46. The molecule has 2 aliphatic heterocycles. The Balaban J connectivity index is 1.77. The highest BCUT2D eigenvalue weighted by Gasteiger charge is 2.35. The lowest BCUT2D eigenvalue weighted by molar-refractivity contribution is 0.00952. The van der Waals surface area contributed by atoms with Crippen LogP contribution >= 0.6 is 0 Å². The Morgan fingerprint density at radius 1 is 1.40 bits per heavy atom. The normalized spacial score (nSPS) is 29.0. The van der Waals surface area contributed by atoms with Gasteiger partial charge in [-0.25, -0.2) is 4.98 Å². The first-order chi connectivity index (χ1) is 9.67. The standard InChI is InChI=1S/C15H20N2O3/c1-9-3-11(6-16-15(9)19-2)14(18)10-4-12-7-20-8-13(5-10)17-12/h3,6,10,12-13,17H,4-5,7-8H2,1-2H3. The summed E-state index contributed by atoms with van der Waals surface area (Å²) in [5.74, 6) is 0.850. The lowest BCUT2D eigenvalue weighted by Crippen LogP contribution is -2.55. The minimum absolute atomic E-state index is 0.0738. The summed E-state index contributed by atoms with van der Waals surface area (Å²) in [6.07, 6.45) is 3.32. The number of nitrogens with zero attached hydrogens (tertiary/aromatic N) is 1. The molecule has 2 bridgehead atoms. The van der Waals surface area contributed by atoms with E-state index in [4.69, 9.17) is 9.47 Å². The summed E-state index contributed by atoms with van der Waals surface area (Å²) in [6, 6.07) is 2.50. The van der Waals surface area contributed by atoms with E-state index in [1.165, 1.54) is 0 Å². The summed E-state index contributed by atoms with van der Waals surface area (Å²) < 4.78 is 10.7. The van der Waals surface area contributed by atoms with Gasteiger partial charge in [-0.15, -0.1) is 0 Å². The van der Waals surface area contributed by atoms with Crippen molar-refractivity contribution in [1.29, 1.82) is 0 Å². The van der Waals surface area contributed by atoms with E-state index in [1.807, 2.05) is 13.0 Å². The fourth-order valence-electron chi connectivity index (χ4n) is 3.20. The number of ketones is 1. The molecule has 3 heterocycles. The van der Waals surface area contributed by atoms with E-state index in [0.717, 1.165) is 18.4 Å². The van der Waals surface area contributed by atoms with Crippen molar-refractivity contribution in [2.75, 3.05) is 20.3 Å². The Morgan fingerprint density at radius 3 is 2.70 bits per heavy atom. The highest BCUT2D eigenvalue weighted by molar-refractivity contribution is 5.98. The Bertz CT molecular complexity index is 506. The third kappa shape index (κ3) is 2.55. The van der Waals surface area contributed by atoms with Crippen molar-refractivity contribution in [2.45, 2.75) is 31.8 Å². The summed E-state index contributed by atoms with van der Waals surface area (Å²) in [6.45, 7) is 3.33. The first kappa shape index (κ1) is 13.5. The van der Waals surface area contributed by atoms with Gasteiger partial charge < -0.3 is 14.8 Å². The van der Waals surface area contributed by atoms with E-state index in [-0.39, 0.29) is 11.7 Å². The fourth-order valence-corrected chi connectivity index (χ4v) is 3.20. The number of nitrogens with one attached hydrogen (secondary N) is 1. The first-order valence-corrected chi connectivity index (χ1v) is 7.06. The molecule has 108 valence electrons. The number of carbonyl (C=O) groups excluding carboxylic acids is 1. The average Bonchev–Trinajstić information content (AvgIpc) is 2.46. The second-order valence-electron chi connectivity index (χ2n) is 5.68. The molecule has 0 saturated carbocycles. The van der Waals surface area contributed by atoms with E-state index < -0.39 is 0 Å². The van der Waals surface area contributed by atoms with Gasteiger partial charge in [0.25, 0.3) is 0 Å². The molecular formula is C15H20N2O3. The SMILES string of the molecule is COc1ncc(C(=O)C2CC3COCC(C2)N3)cc1C. The van der Waals surface area contributed by atoms with Crippen LogP contribution < -0.4 is 10.1 Å². The molecule has 2 atom stereocenters. The third-order valence-electron chi connectivity index (χ3n) is 4.13. The van der Waals surface area contributed by atoms with Gasteiger partial charge in [0.05, 0.1) is 20.3 Å². The topological polar surface area (TPSA) is 60.5 Å². The van der Waals surface area contributed by atoms with Crippen LogP contribution in [0.2, 0.25) is 0 Å². The number of fused-ring (bicyclic) bond motifs is 2. The van der Waals surface area contributed by atoms with E-state index in [9.17, 15) is 4.79 Å². The van der Waals surface area contributed by atoms with Gasteiger partial charge in [0, 0.05) is 35.3 Å². The van der Waals surface area contributed by atoms with Crippen LogP contribution in [0, 0.1) is 12.8 Å². The average molecular weight is 276 g/mol. The largest absolute Gasteiger partial charge is 0.481 e. The number of rotatable bonds is 3. The fraction of sp³-hybridized carbons (Fsp3) is 0.600. The lowest BCUT2D eigenvalue weighted by atomic mass is 9.82. The first-order valence-electron chi connectivity index (χ1n) is 7.06. The Labute approximate surface area is 118 Å². The molecule has 20 heavy (non-hydrogen) atoms. The number of piperidine rings is 1. The van der Waals surface area contributed by atoms with E-state index in [2.05, 4.69) is 10.3 Å². The molecule has 2 saturated heterocycles. The molecule has 0 aromatic carbocycles. The molecule has 0 radical (unpaired) electrons. The second-order valence-corrected chi connectivity index (χ2v) is 5.68. The number of hydrogen-bond donors (Lipinski definition) is 1. The van der Waals surface area contributed by atoms with Gasteiger partial charge in [-0.2, -0.15) is 0 Å². The number of hydrogen-bond acceptors (Lipinski definition) is 5. The molecule has 5 nitrogen and oxygen atoms in total. The number of methoxy groups -OCH3 is 1. The predicted octanol–water partition coefficient (Wildman–Crippen LogP) is 1.35. The van der Waals surface area contributed by atoms with Crippen molar-refractivity contribution in [1.82, 2.24) is 10.3 Å². The number of morpholine rings is 1. The zero-order chi connectivity index (χ0) is 14.1. The summed E-state index contributed by atoms with van der Waals surface area (Å²) in [7, 11) is 1.59. The molecule has 3 rings (SSSR count). The summed E-state index contributed by atoms with van der Waals surface area (Å²) in [5.41, 5.74) is 1.59. The quantitative estimate of drug-likeness (QED) is 0.844. The molecule has 0 aliphatic carbocycles. The summed E-state index contributed by atoms with van der Waals surface area (Å²) >= 11 is 0. The number of carbonyl (C=O) groups is 1. The van der Waals surface area contributed by atoms with Crippen LogP contribution in [0.3, 0.4) is 0 Å². The molecule has 2 fully saturated rings. The van der Waals surface area contributed by atoms with Crippen LogP contribution in [-0.2, 0) is 4.74 Å². The van der Waals surface area contributed by atoms with Gasteiger partial charge in [-0.1, -0.05) is 0 Å². The zero-order valence-electron chi connectivity index (χ0n) is 11.9. The second kappa shape index (κ2) is 5.50. The third-order valence-corrected chi connectivity index (χ3v) is 4.13. The molecule has 1 aromatic rings. The Morgan fingerprint density at radius 2 is 2.10 bits per heavy atom. The van der Waals surface area contributed by atoms with Gasteiger partial charge in [-0.3, -0.25) is 4.79 Å². The van der Waals surface area contributed by atoms with Crippen LogP contribution in [0.25, 0.3) is 0 Å². The highest BCUT2D eigenvalue weighted by Crippen LogP contribution is 2.27. The zero-order valence-corrected chi connectivity index (χ0v) is 11.9. The van der Waals surface area contributed by atoms with Gasteiger partial charge >= 0.3 is 0 Å². The number of Topliss-reactive ketones (excluding diaryl/α,β-unsaturated/α-hetero) is 1. The van der Waals surface area contributed by atoms with Crippen molar-refractivity contribution in [3.05, 3.63) is 23.4 Å². The summed E-state index contributed by atoms with van der Waals surface area (Å²) in [4.78, 5) is 16.8. The summed E-state index contributed by atoms with van der Waals surface area (Å²) in [5, 5.41) is 3.51. The molecule has 0 spiro atoms. The molecule has 0 amide bonds. The van der Waals surface area contributed by atoms with Crippen LogP contribution in [0.1, 0.15) is 28.8 Å². The van der Waals surface area contributed by atoms with E-state index in [0.29, 0.717) is 36.7 Å². The molecular weight excluding hydrogens is 256 g/mol. The molecule has 1 N–H and O–H groups in total. The van der Waals surface area contributed by atoms with Crippen molar-refractivity contribution in [3.8, 4) is 5.88 Å². The maximum atomic E-state index is 12.6.